The molecule has 1 aromatic heterocycles. The van der Waals surface area contributed by atoms with Crippen molar-refractivity contribution in [3.05, 3.63) is 60.5 Å². The zero-order valence-electron chi connectivity index (χ0n) is 14.3. The molecule has 1 N–H and O–H groups in total. The summed E-state index contributed by atoms with van der Waals surface area (Å²) in [6.45, 7) is 0. The van der Waals surface area contributed by atoms with Crippen molar-refractivity contribution in [3.8, 4) is 17.1 Å². The maximum absolute atomic E-state index is 12.8. The number of nitrogens with zero attached hydrogens (tertiary/aromatic N) is 2. The molecule has 1 aliphatic rings. The first-order valence-electron chi connectivity index (χ1n) is 7.71. The number of halogens is 2. The fourth-order valence-electron chi connectivity index (χ4n) is 2.14. The molecule has 0 aliphatic heterocycles. The van der Waals surface area contributed by atoms with E-state index in [4.69, 9.17) is 9.63 Å². The highest BCUT2D eigenvalue weighted by molar-refractivity contribution is 7.17. The van der Waals surface area contributed by atoms with Gasteiger partial charge in [-0.1, -0.05) is 29.5 Å². The monoisotopic (exact) mass is 394 g/mol. The first-order valence-corrected chi connectivity index (χ1v) is 8.29. The molecule has 0 amide bonds. The van der Waals surface area contributed by atoms with Crippen LogP contribution in [0.15, 0.2) is 59.2 Å². The van der Waals surface area contributed by atoms with Gasteiger partial charge in [-0.2, -0.15) is 13.8 Å². The van der Waals surface area contributed by atoms with E-state index < -0.39 is 5.85 Å². The third-order valence-electron chi connectivity index (χ3n) is 3.30. The summed E-state index contributed by atoms with van der Waals surface area (Å²) in [5.74, 6) is -3.00. The molecule has 27 heavy (non-hydrogen) atoms. The van der Waals surface area contributed by atoms with Gasteiger partial charge in [0.25, 0.3) is 5.89 Å². The Labute approximate surface area is 156 Å². The third-order valence-corrected chi connectivity index (χ3v) is 3.42. The van der Waals surface area contributed by atoms with Crippen molar-refractivity contribution < 1.29 is 27.9 Å². The van der Waals surface area contributed by atoms with E-state index >= 15 is 0 Å². The second kappa shape index (κ2) is 9.30. The topological polar surface area (TPSA) is 85.5 Å². The lowest BCUT2D eigenvalue weighted by Crippen LogP contribution is -2.14. The van der Waals surface area contributed by atoms with E-state index in [0.29, 0.717) is 22.9 Å². The van der Waals surface area contributed by atoms with Gasteiger partial charge in [0.05, 0.1) is 5.92 Å². The molecule has 1 aliphatic carbocycles. The predicted molar refractivity (Wildman–Crippen MR) is 99.0 cm³/mol. The lowest BCUT2D eigenvalue weighted by Gasteiger charge is -2.12. The van der Waals surface area contributed by atoms with Crippen molar-refractivity contribution >= 4 is 21.1 Å². The van der Waals surface area contributed by atoms with Crippen LogP contribution in [0.3, 0.4) is 0 Å². The van der Waals surface area contributed by atoms with Gasteiger partial charge < -0.3 is 19.2 Å². The second-order valence-corrected chi connectivity index (χ2v) is 5.86. The van der Waals surface area contributed by atoms with Crippen molar-refractivity contribution in [1.29, 1.82) is 0 Å². The molecular weight excluding hydrogens is 377 g/mol. The Morgan fingerprint density at radius 1 is 1.26 bits per heavy atom. The van der Waals surface area contributed by atoms with E-state index in [1.165, 1.54) is 21.4 Å². The normalized spacial score (nSPS) is 16.0. The Hall–Kier alpha value is -2.70. The standard InChI is InChI=1S/C17H13F2N2O3P.CH4O/c18-17(19,25)23-14-8-6-12(7-9-14)15-20-16(24-21-15)13-3-1-2-11(10-22)4-5-13;1-2/h1-11H,25H2;2H,1H3. The lowest BCUT2D eigenvalue weighted by molar-refractivity contribution is -0.108. The molecule has 1 heterocycles. The summed E-state index contributed by atoms with van der Waals surface area (Å²) in [5, 5.41) is 10.9. The Bertz CT molecular complexity index is 855. The summed E-state index contributed by atoms with van der Waals surface area (Å²) >= 11 is 0. The predicted octanol–water partition coefficient (Wildman–Crippen LogP) is 3.47. The molecule has 2 aromatic rings. The van der Waals surface area contributed by atoms with Crippen molar-refractivity contribution in [1.82, 2.24) is 10.1 Å². The van der Waals surface area contributed by atoms with E-state index in [0.717, 1.165) is 13.4 Å². The van der Waals surface area contributed by atoms with Crippen molar-refractivity contribution in [2.24, 2.45) is 5.92 Å². The second-order valence-electron chi connectivity index (χ2n) is 5.19. The molecule has 6 nitrogen and oxygen atoms in total. The first kappa shape index (κ1) is 20.6. The molecule has 0 spiro atoms. The van der Waals surface area contributed by atoms with Gasteiger partial charge in [0, 0.05) is 18.2 Å². The Morgan fingerprint density at radius 3 is 2.59 bits per heavy atom. The van der Waals surface area contributed by atoms with Crippen LogP contribution in [0, 0.1) is 5.92 Å². The number of hydrogen-bond acceptors (Lipinski definition) is 6. The van der Waals surface area contributed by atoms with Crippen molar-refractivity contribution in [2.75, 3.05) is 7.11 Å². The minimum Gasteiger partial charge on any atom is -0.430 e. The number of ether oxygens (including phenoxy) is 1. The van der Waals surface area contributed by atoms with E-state index in [-0.39, 0.29) is 11.7 Å². The number of aromatic nitrogens is 2. The molecule has 0 fully saturated rings. The highest BCUT2D eigenvalue weighted by Crippen LogP contribution is 2.29. The SMILES string of the molecule is CO.O=CC1C=CC=C(c2nc(-c3ccc(OC(F)(F)P)cc3)no2)C=C1. The average molecular weight is 394 g/mol. The molecule has 0 saturated heterocycles. The van der Waals surface area contributed by atoms with Crippen LogP contribution in [-0.2, 0) is 4.79 Å². The summed E-state index contributed by atoms with van der Waals surface area (Å²) in [6.07, 6.45) is 9.53. The van der Waals surface area contributed by atoms with Crippen molar-refractivity contribution in [3.63, 3.8) is 0 Å². The number of benzene rings is 1. The molecule has 1 aromatic carbocycles. The largest absolute Gasteiger partial charge is 0.430 e. The van der Waals surface area contributed by atoms with E-state index in [2.05, 4.69) is 14.9 Å². The molecular formula is C18H17F2N2O4P. The van der Waals surface area contributed by atoms with Gasteiger partial charge in [-0.15, -0.1) is 0 Å². The molecule has 2 atom stereocenters. The minimum atomic E-state index is -3.33. The molecule has 0 radical (unpaired) electrons. The van der Waals surface area contributed by atoms with Crippen LogP contribution in [0.2, 0.25) is 0 Å². The van der Waals surface area contributed by atoms with E-state index in [1.807, 2.05) is 0 Å². The van der Waals surface area contributed by atoms with Gasteiger partial charge >= 0.3 is 5.85 Å². The van der Waals surface area contributed by atoms with Gasteiger partial charge in [0.15, 0.2) is 0 Å². The van der Waals surface area contributed by atoms with Crippen LogP contribution in [0.25, 0.3) is 17.0 Å². The Balaban J connectivity index is 0.00000126. The lowest BCUT2D eigenvalue weighted by atomic mass is 10.1. The Morgan fingerprint density at radius 2 is 1.96 bits per heavy atom. The summed E-state index contributed by atoms with van der Waals surface area (Å²) in [5.41, 5.74) is 1.26. The average Bonchev–Trinajstić information content (AvgIpc) is 3.01. The molecule has 9 heteroatoms. The number of aldehydes is 1. The Kier molecular flexibility index (Phi) is 7.10. The first-order chi connectivity index (χ1) is 12.9. The number of hydrogen-bond donors (Lipinski definition) is 1. The molecule has 0 saturated carbocycles. The zero-order chi connectivity index (χ0) is 19.9. The smallest absolute Gasteiger partial charge is 0.408 e. The highest BCUT2D eigenvalue weighted by atomic mass is 31.0. The van der Waals surface area contributed by atoms with Crippen molar-refractivity contribution in [2.45, 2.75) is 5.85 Å². The summed E-state index contributed by atoms with van der Waals surface area (Å²) in [7, 11) is 2.31. The molecule has 142 valence electrons. The van der Waals surface area contributed by atoms with Crippen LogP contribution >= 0.6 is 9.24 Å². The molecule has 3 rings (SSSR count). The van der Waals surface area contributed by atoms with E-state index in [9.17, 15) is 13.6 Å². The quantitative estimate of drug-likeness (QED) is 0.617. The van der Waals surface area contributed by atoms with Gasteiger partial charge in [0.1, 0.15) is 12.0 Å². The van der Waals surface area contributed by atoms with Crippen LogP contribution in [-0.4, -0.2) is 34.5 Å². The number of aliphatic hydroxyl groups excluding tert-OH is 1. The van der Waals surface area contributed by atoms with Gasteiger partial charge in [-0.25, -0.2) is 0 Å². The molecule has 0 bridgehead atoms. The zero-order valence-corrected chi connectivity index (χ0v) is 15.4. The van der Waals surface area contributed by atoms with Crippen LogP contribution in [0.1, 0.15) is 5.89 Å². The molecule has 2 unspecified atom stereocenters. The van der Waals surface area contributed by atoms with E-state index in [1.54, 1.807) is 42.5 Å². The van der Waals surface area contributed by atoms with Crippen LogP contribution in [0.4, 0.5) is 8.78 Å². The number of alkyl halides is 2. The number of rotatable bonds is 5. The van der Waals surface area contributed by atoms with Gasteiger partial charge in [0.2, 0.25) is 5.82 Å². The van der Waals surface area contributed by atoms with Gasteiger partial charge in [-0.3, -0.25) is 0 Å². The van der Waals surface area contributed by atoms with Crippen LogP contribution in [0.5, 0.6) is 5.75 Å². The maximum atomic E-state index is 12.8. The number of allylic oxidation sites excluding steroid dienone is 6. The summed E-state index contributed by atoms with van der Waals surface area (Å²) in [4.78, 5) is 15.1. The highest BCUT2D eigenvalue weighted by Gasteiger charge is 2.23. The minimum absolute atomic E-state index is 0.0203. The fraction of sp³-hybridized carbons (Fsp3) is 0.167. The van der Waals surface area contributed by atoms with Gasteiger partial charge in [-0.05, 0) is 39.6 Å². The number of carbonyl (C=O) groups excluding carboxylic acids is 1. The third kappa shape index (κ3) is 5.91. The van der Waals surface area contributed by atoms with Crippen LogP contribution < -0.4 is 4.74 Å². The summed E-state index contributed by atoms with van der Waals surface area (Å²) < 4.78 is 35.3. The maximum Gasteiger partial charge on any atom is 0.408 e. The number of carbonyl (C=O) groups is 1. The number of aliphatic hydroxyl groups is 1. The summed E-state index contributed by atoms with van der Waals surface area (Å²) in [6, 6.07) is 5.90. The fourth-order valence-corrected chi connectivity index (χ4v) is 2.28.